The minimum atomic E-state index is -0.469. The van der Waals surface area contributed by atoms with E-state index >= 15 is 0 Å². The maximum absolute atomic E-state index is 12.0. The van der Waals surface area contributed by atoms with Crippen LogP contribution in [0.5, 0.6) is 0 Å². The van der Waals surface area contributed by atoms with Crippen LogP contribution in [0.3, 0.4) is 0 Å². The van der Waals surface area contributed by atoms with Crippen molar-refractivity contribution in [3.8, 4) is 0 Å². The van der Waals surface area contributed by atoms with Crippen molar-refractivity contribution in [3.05, 3.63) is 12.7 Å². The van der Waals surface area contributed by atoms with Crippen molar-refractivity contribution >= 4 is 6.09 Å². The van der Waals surface area contributed by atoms with Crippen molar-refractivity contribution in [3.63, 3.8) is 0 Å². The molecule has 0 spiro atoms. The maximum Gasteiger partial charge on any atom is 0.410 e. The molecule has 0 aromatic carbocycles. The molecule has 1 rings (SSSR count). The molecule has 4 nitrogen and oxygen atoms in total. The average molecular weight is 241 g/mol. The van der Waals surface area contributed by atoms with Crippen molar-refractivity contribution in [1.29, 1.82) is 0 Å². The standard InChI is InChI=1S/C13H23NO3/c1-7-10-8-14(9-13(5,6)16-10)11(15)17-12(2,3)4/h7,10H,1,8-9H2,2-6H3/t10-/m1/s1. The molecule has 4 heteroatoms. The lowest BCUT2D eigenvalue weighted by atomic mass is 10.1. The van der Waals surface area contributed by atoms with E-state index in [9.17, 15) is 4.79 Å². The van der Waals surface area contributed by atoms with E-state index in [0.717, 1.165) is 0 Å². The molecule has 1 atom stereocenters. The molecule has 0 radical (unpaired) electrons. The SMILES string of the molecule is C=C[C@@H]1CN(C(=O)OC(C)(C)C)CC(C)(C)O1. The minimum Gasteiger partial charge on any atom is -0.444 e. The summed E-state index contributed by atoms with van der Waals surface area (Å²) in [7, 11) is 0. The van der Waals surface area contributed by atoms with Gasteiger partial charge in [0, 0.05) is 0 Å². The predicted octanol–water partition coefficient (Wildman–Crippen LogP) is 2.59. The Balaban J connectivity index is 2.70. The first-order chi connectivity index (χ1) is 7.63. The van der Waals surface area contributed by atoms with Crippen LogP contribution in [0.2, 0.25) is 0 Å². The largest absolute Gasteiger partial charge is 0.444 e. The van der Waals surface area contributed by atoms with E-state index in [1.165, 1.54) is 0 Å². The second-order valence-electron chi connectivity index (χ2n) is 6.01. The molecule has 0 N–H and O–H groups in total. The number of rotatable bonds is 1. The second kappa shape index (κ2) is 4.69. The highest BCUT2D eigenvalue weighted by Gasteiger charge is 2.36. The lowest BCUT2D eigenvalue weighted by Crippen LogP contribution is -2.54. The average Bonchev–Trinajstić information content (AvgIpc) is 2.12. The summed E-state index contributed by atoms with van der Waals surface area (Å²) in [6.45, 7) is 14.3. The van der Waals surface area contributed by atoms with Crippen LogP contribution < -0.4 is 0 Å². The molecular weight excluding hydrogens is 218 g/mol. The molecule has 1 aliphatic heterocycles. The van der Waals surface area contributed by atoms with E-state index in [4.69, 9.17) is 9.47 Å². The molecule has 0 bridgehead atoms. The first kappa shape index (κ1) is 14.0. The Hall–Kier alpha value is -1.03. The number of morpholine rings is 1. The van der Waals surface area contributed by atoms with E-state index < -0.39 is 5.60 Å². The lowest BCUT2D eigenvalue weighted by molar-refractivity contribution is -0.116. The number of hydrogen-bond donors (Lipinski definition) is 0. The van der Waals surface area contributed by atoms with Gasteiger partial charge in [0.25, 0.3) is 0 Å². The van der Waals surface area contributed by atoms with Crippen LogP contribution in [0.25, 0.3) is 0 Å². The van der Waals surface area contributed by atoms with Gasteiger partial charge in [-0.25, -0.2) is 4.79 Å². The quantitative estimate of drug-likeness (QED) is 0.662. The van der Waals surface area contributed by atoms with Crippen LogP contribution in [0, 0.1) is 0 Å². The molecule has 17 heavy (non-hydrogen) atoms. The number of nitrogens with zero attached hydrogens (tertiary/aromatic N) is 1. The van der Waals surface area contributed by atoms with Crippen LogP contribution in [0.15, 0.2) is 12.7 Å². The van der Waals surface area contributed by atoms with Crippen molar-refractivity contribution in [2.24, 2.45) is 0 Å². The maximum atomic E-state index is 12.0. The number of amides is 1. The highest BCUT2D eigenvalue weighted by atomic mass is 16.6. The van der Waals surface area contributed by atoms with Gasteiger partial charge < -0.3 is 14.4 Å². The van der Waals surface area contributed by atoms with Gasteiger partial charge in [0.1, 0.15) is 5.60 Å². The Bertz CT molecular complexity index is 304. The third-order valence-electron chi connectivity index (χ3n) is 2.36. The summed E-state index contributed by atoms with van der Waals surface area (Å²) >= 11 is 0. The molecule has 0 aromatic rings. The molecule has 1 aliphatic rings. The third kappa shape index (κ3) is 4.38. The van der Waals surface area contributed by atoms with E-state index in [-0.39, 0.29) is 17.8 Å². The van der Waals surface area contributed by atoms with Crippen molar-refractivity contribution < 1.29 is 14.3 Å². The molecule has 1 saturated heterocycles. The van der Waals surface area contributed by atoms with Gasteiger partial charge >= 0.3 is 6.09 Å². The van der Waals surface area contributed by atoms with Crippen LogP contribution >= 0.6 is 0 Å². The zero-order valence-corrected chi connectivity index (χ0v) is 11.4. The number of hydrogen-bond acceptors (Lipinski definition) is 3. The molecule has 0 aromatic heterocycles. The van der Waals surface area contributed by atoms with Gasteiger partial charge in [-0.1, -0.05) is 6.08 Å². The smallest absolute Gasteiger partial charge is 0.410 e. The summed E-state index contributed by atoms with van der Waals surface area (Å²) < 4.78 is 11.1. The second-order valence-corrected chi connectivity index (χ2v) is 6.01. The highest BCUT2D eigenvalue weighted by molar-refractivity contribution is 5.68. The fraction of sp³-hybridized carbons (Fsp3) is 0.769. The van der Waals surface area contributed by atoms with E-state index in [1.807, 2.05) is 34.6 Å². The zero-order chi connectivity index (χ0) is 13.3. The van der Waals surface area contributed by atoms with Gasteiger partial charge in [-0.15, -0.1) is 6.58 Å². The Labute approximate surface area is 104 Å². The monoisotopic (exact) mass is 241 g/mol. The molecule has 1 heterocycles. The Morgan fingerprint density at radius 1 is 1.53 bits per heavy atom. The first-order valence-electron chi connectivity index (χ1n) is 5.91. The molecule has 0 saturated carbocycles. The third-order valence-corrected chi connectivity index (χ3v) is 2.36. The molecule has 0 unspecified atom stereocenters. The molecule has 98 valence electrons. The first-order valence-corrected chi connectivity index (χ1v) is 5.91. The van der Waals surface area contributed by atoms with E-state index in [1.54, 1.807) is 11.0 Å². The molecule has 1 fully saturated rings. The summed E-state index contributed by atoms with van der Waals surface area (Å²) in [5.74, 6) is 0. The Morgan fingerprint density at radius 3 is 2.59 bits per heavy atom. The molecule has 1 amide bonds. The zero-order valence-electron chi connectivity index (χ0n) is 11.4. The van der Waals surface area contributed by atoms with Gasteiger partial charge in [0.2, 0.25) is 0 Å². The summed E-state index contributed by atoms with van der Waals surface area (Å²) in [5, 5.41) is 0. The summed E-state index contributed by atoms with van der Waals surface area (Å²) in [6.07, 6.45) is 1.30. The fourth-order valence-electron chi connectivity index (χ4n) is 1.81. The van der Waals surface area contributed by atoms with Gasteiger partial charge in [-0.3, -0.25) is 0 Å². The fourth-order valence-corrected chi connectivity index (χ4v) is 1.81. The number of carbonyl (C=O) groups is 1. The van der Waals surface area contributed by atoms with Gasteiger partial charge in [0.15, 0.2) is 0 Å². The topological polar surface area (TPSA) is 38.8 Å². The summed E-state index contributed by atoms with van der Waals surface area (Å²) in [4.78, 5) is 13.7. The van der Waals surface area contributed by atoms with Crippen molar-refractivity contribution in [2.45, 2.75) is 51.9 Å². The summed E-state index contributed by atoms with van der Waals surface area (Å²) in [5.41, 5.74) is -0.836. The lowest BCUT2D eigenvalue weighted by Gasteiger charge is -2.42. The van der Waals surface area contributed by atoms with Crippen LogP contribution in [-0.2, 0) is 9.47 Å². The van der Waals surface area contributed by atoms with Gasteiger partial charge in [-0.05, 0) is 34.6 Å². The van der Waals surface area contributed by atoms with E-state index in [0.29, 0.717) is 13.1 Å². The van der Waals surface area contributed by atoms with Crippen LogP contribution in [0.1, 0.15) is 34.6 Å². The van der Waals surface area contributed by atoms with Gasteiger partial charge in [0.05, 0.1) is 24.8 Å². The Kier molecular flexibility index (Phi) is 3.87. The normalized spacial score (nSPS) is 24.3. The molecule has 0 aliphatic carbocycles. The number of ether oxygens (including phenoxy) is 2. The summed E-state index contributed by atoms with van der Waals surface area (Å²) in [6, 6.07) is 0. The molecular formula is C13H23NO3. The van der Waals surface area contributed by atoms with Crippen LogP contribution in [0.4, 0.5) is 4.79 Å². The van der Waals surface area contributed by atoms with E-state index in [2.05, 4.69) is 6.58 Å². The van der Waals surface area contributed by atoms with Gasteiger partial charge in [-0.2, -0.15) is 0 Å². The van der Waals surface area contributed by atoms with Crippen molar-refractivity contribution in [1.82, 2.24) is 4.90 Å². The highest BCUT2D eigenvalue weighted by Crippen LogP contribution is 2.23. The van der Waals surface area contributed by atoms with Crippen LogP contribution in [-0.4, -0.2) is 41.4 Å². The number of carbonyl (C=O) groups excluding carboxylic acids is 1. The minimum absolute atomic E-state index is 0.133. The Morgan fingerprint density at radius 2 is 2.12 bits per heavy atom. The van der Waals surface area contributed by atoms with Crippen molar-refractivity contribution in [2.75, 3.05) is 13.1 Å². The predicted molar refractivity (Wildman–Crippen MR) is 67.0 cm³/mol.